The number of unbranched alkanes of at least 4 members (excludes halogenated alkanes) is 37. The molecular weight excluding hydrogens is 901 g/mol. The van der Waals surface area contributed by atoms with E-state index in [1.165, 1.54) is 205 Å². The Hall–Kier alpha value is -2.89. The standard InChI is InChI=1S/C67H120O6/c1-4-7-10-13-16-19-21-23-25-27-29-31-33-35-37-39-41-43-45-48-51-54-57-60-66(69)72-63-64(62-71-65(68)59-56-53-50-47-18-15-12-9-6-3)73-67(70)61-58-55-52-49-46-44-42-40-38-36-34-32-30-28-26-24-22-20-17-14-11-8-5-2/h21-24,27-30,33,35,64H,4-20,25-26,31-32,34,36-63H2,1-3H3/b23-21-,24-22-,29-27-,30-28-,35-33-. The van der Waals surface area contributed by atoms with Crippen molar-refractivity contribution >= 4 is 17.9 Å². The number of carbonyl (C=O) groups excluding carboxylic acids is 3. The Kier molecular flexibility index (Phi) is 59.2. The number of esters is 3. The maximum atomic E-state index is 12.9. The third-order valence-corrected chi connectivity index (χ3v) is 14.0. The minimum absolute atomic E-state index is 0.0748. The molecule has 0 N–H and O–H groups in total. The molecule has 0 bridgehead atoms. The fourth-order valence-electron chi connectivity index (χ4n) is 9.19. The van der Waals surface area contributed by atoms with Crippen molar-refractivity contribution in [1.29, 1.82) is 0 Å². The first kappa shape index (κ1) is 70.1. The number of hydrogen-bond acceptors (Lipinski definition) is 6. The van der Waals surface area contributed by atoms with Gasteiger partial charge in [0.1, 0.15) is 13.2 Å². The molecular formula is C67H120O6. The summed E-state index contributed by atoms with van der Waals surface area (Å²) in [6.07, 6.45) is 78.0. The lowest BCUT2D eigenvalue weighted by molar-refractivity contribution is -0.167. The third-order valence-electron chi connectivity index (χ3n) is 14.0. The Balaban J connectivity index is 4.23. The van der Waals surface area contributed by atoms with Gasteiger partial charge in [0.25, 0.3) is 0 Å². The summed E-state index contributed by atoms with van der Waals surface area (Å²) < 4.78 is 16.9. The summed E-state index contributed by atoms with van der Waals surface area (Å²) in [6, 6.07) is 0. The molecule has 0 aliphatic rings. The van der Waals surface area contributed by atoms with Crippen LogP contribution in [0.25, 0.3) is 0 Å². The number of hydrogen-bond donors (Lipinski definition) is 0. The van der Waals surface area contributed by atoms with E-state index in [1.807, 2.05) is 0 Å². The van der Waals surface area contributed by atoms with E-state index < -0.39 is 6.10 Å². The highest BCUT2D eigenvalue weighted by atomic mass is 16.6. The highest BCUT2D eigenvalue weighted by Gasteiger charge is 2.19. The van der Waals surface area contributed by atoms with Gasteiger partial charge in [-0.1, -0.05) is 281 Å². The normalized spacial score (nSPS) is 12.4. The summed E-state index contributed by atoms with van der Waals surface area (Å²) in [6.45, 7) is 6.63. The van der Waals surface area contributed by atoms with E-state index in [0.717, 1.165) is 83.5 Å². The van der Waals surface area contributed by atoms with Gasteiger partial charge in [-0.15, -0.1) is 0 Å². The van der Waals surface area contributed by atoms with Crippen molar-refractivity contribution in [1.82, 2.24) is 0 Å². The van der Waals surface area contributed by atoms with E-state index in [0.29, 0.717) is 19.3 Å². The molecule has 6 heteroatoms. The fraction of sp³-hybridized carbons (Fsp3) is 0.806. The second-order valence-electron chi connectivity index (χ2n) is 21.3. The van der Waals surface area contributed by atoms with Crippen LogP contribution in [0.1, 0.15) is 329 Å². The van der Waals surface area contributed by atoms with E-state index in [-0.39, 0.29) is 31.1 Å². The van der Waals surface area contributed by atoms with Gasteiger partial charge in [0.2, 0.25) is 0 Å². The summed E-state index contributed by atoms with van der Waals surface area (Å²) in [4.78, 5) is 38.2. The molecule has 0 spiro atoms. The number of allylic oxidation sites excluding steroid dienone is 10. The zero-order valence-electron chi connectivity index (χ0n) is 48.7. The van der Waals surface area contributed by atoms with Crippen LogP contribution in [-0.2, 0) is 28.6 Å². The molecule has 0 aromatic carbocycles. The molecule has 0 aromatic rings. The molecule has 0 heterocycles. The Morgan fingerprint density at radius 2 is 0.493 bits per heavy atom. The summed E-state index contributed by atoms with van der Waals surface area (Å²) in [5.74, 6) is -0.872. The maximum absolute atomic E-state index is 12.9. The smallest absolute Gasteiger partial charge is 0.306 e. The Labute approximate surface area is 453 Å². The lowest BCUT2D eigenvalue weighted by Gasteiger charge is -2.18. The van der Waals surface area contributed by atoms with Crippen molar-refractivity contribution in [2.45, 2.75) is 335 Å². The topological polar surface area (TPSA) is 78.9 Å². The average molecular weight is 1020 g/mol. The largest absolute Gasteiger partial charge is 0.462 e. The van der Waals surface area contributed by atoms with Crippen molar-refractivity contribution in [3.8, 4) is 0 Å². The van der Waals surface area contributed by atoms with Gasteiger partial charge in [-0.25, -0.2) is 0 Å². The minimum atomic E-state index is -0.777. The molecule has 0 rings (SSSR count). The van der Waals surface area contributed by atoms with Crippen LogP contribution >= 0.6 is 0 Å². The second kappa shape index (κ2) is 61.7. The zero-order valence-corrected chi connectivity index (χ0v) is 48.7. The van der Waals surface area contributed by atoms with Gasteiger partial charge in [-0.2, -0.15) is 0 Å². The van der Waals surface area contributed by atoms with Crippen LogP contribution in [0.3, 0.4) is 0 Å². The Morgan fingerprint density at radius 3 is 0.767 bits per heavy atom. The van der Waals surface area contributed by atoms with Crippen molar-refractivity contribution in [2.75, 3.05) is 13.2 Å². The minimum Gasteiger partial charge on any atom is -0.462 e. The summed E-state index contributed by atoms with van der Waals surface area (Å²) in [5.41, 5.74) is 0. The lowest BCUT2D eigenvalue weighted by atomic mass is 10.0. The number of carbonyl (C=O) groups is 3. The lowest BCUT2D eigenvalue weighted by Crippen LogP contribution is -2.30. The van der Waals surface area contributed by atoms with E-state index in [2.05, 4.69) is 81.5 Å². The van der Waals surface area contributed by atoms with Crippen molar-refractivity contribution < 1.29 is 28.6 Å². The van der Waals surface area contributed by atoms with Gasteiger partial charge in [0.05, 0.1) is 0 Å². The Morgan fingerprint density at radius 1 is 0.274 bits per heavy atom. The maximum Gasteiger partial charge on any atom is 0.306 e. The second-order valence-corrected chi connectivity index (χ2v) is 21.3. The Bertz CT molecular complexity index is 1310. The van der Waals surface area contributed by atoms with Crippen molar-refractivity contribution in [3.63, 3.8) is 0 Å². The van der Waals surface area contributed by atoms with Crippen LogP contribution in [0.4, 0.5) is 0 Å². The monoisotopic (exact) mass is 1020 g/mol. The van der Waals surface area contributed by atoms with Gasteiger partial charge < -0.3 is 14.2 Å². The molecule has 0 saturated carbocycles. The first-order valence-corrected chi connectivity index (χ1v) is 31.8. The SMILES string of the molecule is CCCCCCC/C=C\C/C=C\C/C=C\CCCCCCCCCCC(=O)OCC(COC(=O)CCCCCCCCCCC)OC(=O)CCCCCCCCCCCCC/C=C\C/C=C\CCCCCCC. The van der Waals surface area contributed by atoms with Gasteiger partial charge in [-0.05, 0) is 89.9 Å². The van der Waals surface area contributed by atoms with Crippen molar-refractivity contribution in [2.24, 2.45) is 0 Å². The molecule has 0 aromatic heterocycles. The summed E-state index contributed by atoms with van der Waals surface area (Å²) in [5, 5.41) is 0. The van der Waals surface area contributed by atoms with Gasteiger partial charge in [0.15, 0.2) is 6.10 Å². The highest BCUT2D eigenvalue weighted by molar-refractivity contribution is 5.71. The molecule has 0 fully saturated rings. The number of rotatable bonds is 58. The first-order chi connectivity index (χ1) is 36.0. The molecule has 0 radical (unpaired) electrons. The molecule has 73 heavy (non-hydrogen) atoms. The van der Waals surface area contributed by atoms with Gasteiger partial charge in [-0.3, -0.25) is 14.4 Å². The third kappa shape index (κ3) is 59.9. The summed E-state index contributed by atoms with van der Waals surface area (Å²) >= 11 is 0. The first-order valence-electron chi connectivity index (χ1n) is 31.8. The molecule has 0 saturated heterocycles. The van der Waals surface area contributed by atoms with E-state index >= 15 is 0 Å². The highest BCUT2D eigenvalue weighted by Crippen LogP contribution is 2.16. The average Bonchev–Trinajstić information content (AvgIpc) is 3.39. The van der Waals surface area contributed by atoms with E-state index in [1.54, 1.807) is 0 Å². The van der Waals surface area contributed by atoms with E-state index in [9.17, 15) is 14.4 Å². The van der Waals surface area contributed by atoms with Gasteiger partial charge in [0, 0.05) is 19.3 Å². The molecule has 0 aliphatic heterocycles. The molecule has 424 valence electrons. The molecule has 6 nitrogen and oxygen atoms in total. The number of ether oxygens (including phenoxy) is 3. The van der Waals surface area contributed by atoms with Crippen LogP contribution < -0.4 is 0 Å². The predicted molar refractivity (Wildman–Crippen MR) is 316 cm³/mol. The zero-order chi connectivity index (χ0) is 52.9. The van der Waals surface area contributed by atoms with Crippen LogP contribution in [0.5, 0.6) is 0 Å². The summed E-state index contributed by atoms with van der Waals surface area (Å²) in [7, 11) is 0. The molecule has 0 aliphatic carbocycles. The molecule has 1 atom stereocenters. The van der Waals surface area contributed by atoms with Crippen molar-refractivity contribution in [3.05, 3.63) is 60.8 Å². The van der Waals surface area contributed by atoms with Crippen LogP contribution in [-0.4, -0.2) is 37.2 Å². The van der Waals surface area contributed by atoms with E-state index in [4.69, 9.17) is 14.2 Å². The van der Waals surface area contributed by atoms with Crippen LogP contribution in [0, 0.1) is 0 Å². The predicted octanol–water partition coefficient (Wildman–Crippen LogP) is 21.6. The van der Waals surface area contributed by atoms with Crippen LogP contribution in [0.2, 0.25) is 0 Å². The van der Waals surface area contributed by atoms with Crippen LogP contribution in [0.15, 0.2) is 60.8 Å². The quantitative estimate of drug-likeness (QED) is 0.0261. The van der Waals surface area contributed by atoms with Gasteiger partial charge >= 0.3 is 17.9 Å². The molecule has 0 amide bonds. The fourth-order valence-corrected chi connectivity index (χ4v) is 9.19. The molecule has 1 unspecified atom stereocenters.